The van der Waals surface area contributed by atoms with Gasteiger partial charge in [0.2, 0.25) is 0 Å². The Hall–Kier alpha value is -3.88. The number of carbonyl (C=O) groups excluding carboxylic acids is 1. The molecule has 0 radical (unpaired) electrons. The fourth-order valence-electron chi connectivity index (χ4n) is 5.27. The van der Waals surface area contributed by atoms with E-state index < -0.39 is 12.0 Å². The molecule has 5 rings (SSSR count). The molecule has 3 N–H and O–H groups in total. The molecule has 4 atom stereocenters. The monoisotopic (exact) mass is 465 g/mol. The highest BCUT2D eigenvalue weighted by atomic mass is 19.1. The van der Waals surface area contributed by atoms with Crippen LogP contribution in [0.25, 0.3) is 11.1 Å². The van der Waals surface area contributed by atoms with Crippen molar-refractivity contribution in [2.75, 3.05) is 6.54 Å². The molecule has 1 aliphatic carbocycles. The van der Waals surface area contributed by atoms with Crippen molar-refractivity contribution in [1.82, 2.24) is 10.1 Å². The van der Waals surface area contributed by atoms with Crippen LogP contribution in [0.2, 0.25) is 0 Å². The van der Waals surface area contributed by atoms with Gasteiger partial charge in [-0.2, -0.15) is 0 Å². The summed E-state index contributed by atoms with van der Waals surface area (Å²) in [5.74, 6) is 0.515. The summed E-state index contributed by atoms with van der Waals surface area (Å²) in [7, 11) is 0. The lowest BCUT2D eigenvalue weighted by molar-refractivity contribution is 0.0991. The maximum atomic E-state index is 13.2. The molecule has 1 saturated carbocycles. The number of hydrogen-bond acceptors (Lipinski definition) is 5. The van der Waals surface area contributed by atoms with Gasteiger partial charge < -0.3 is 25.0 Å². The van der Waals surface area contributed by atoms with Crippen LogP contribution in [0.5, 0.6) is 5.75 Å². The molecule has 1 saturated heterocycles. The Bertz CT molecular complexity index is 1190. The fourth-order valence-corrected chi connectivity index (χ4v) is 5.27. The van der Waals surface area contributed by atoms with Crippen molar-refractivity contribution < 1.29 is 28.3 Å². The standard InChI is InChI=1S/C25H24FN3O5/c26-17-5-1-14(2-6-17)15-3-7-18(8-4-15)33-19-9-16-13-29(25(31)32)23(21(16)10-19)12-20-11-22(24(27)30)28-34-20/h1-8,11,16,19,21,23H,9-10,12-13H2,(H2,27,30)(H,31,32)/t16-,19-,21-,23?/m0/s1. The number of rotatable bonds is 6. The third-order valence-electron chi connectivity index (χ3n) is 6.83. The Labute approximate surface area is 195 Å². The Balaban J connectivity index is 1.25. The van der Waals surface area contributed by atoms with E-state index in [4.69, 9.17) is 15.0 Å². The molecule has 2 aliphatic rings. The molecule has 34 heavy (non-hydrogen) atoms. The van der Waals surface area contributed by atoms with Gasteiger partial charge in [-0.25, -0.2) is 9.18 Å². The molecule has 1 unspecified atom stereocenters. The van der Waals surface area contributed by atoms with Gasteiger partial charge in [-0.3, -0.25) is 4.79 Å². The largest absolute Gasteiger partial charge is 0.490 e. The van der Waals surface area contributed by atoms with Crippen molar-refractivity contribution in [1.29, 1.82) is 0 Å². The Morgan fingerprint density at radius 1 is 1.12 bits per heavy atom. The third-order valence-corrected chi connectivity index (χ3v) is 6.83. The molecule has 2 heterocycles. The van der Waals surface area contributed by atoms with Gasteiger partial charge in [-0.05, 0) is 60.1 Å². The molecule has 8 nitrogen and oxygen atoms in total. The second kappa shape index (κ2) is 8.81. The van der Waals surface area contributed by atoms with E-state index in [9.17, 15) is 19.1 Å². The first-order chi connectivity index (χ1) is 16.4. The average molecular weight is 465 g/mol. The normalized spacial score (nSPS) is 23.6. The second-order valence-corrected chi connectivity index (χ2v) is 8.92. The summed E-state index contributed by atoms with van der Waals surface area (Å²) in [4.78, 5) is 24.6. The van der Waals surface area contributed by atoms with Crippen molar-refractivity contribution in [2.45, 2.75) is 31.4 Å². The summed E-state index contributed by atoms with van der Waals surface area (Å²) >= 11 is 0. The minimum atomic E-state index is -0.970. The summed E-state index contributed by atoms with van der Waals surface area (Å²) in [6.45, 7) is 0.435. The molecule has 1 aliphatic heterocycles. The Morgan fingerprint density at radius 2 is 1.79 bits per heavy atom. The zero-order valence-electron chi connectivity index (χ0n) is 18.3. The first-order valence-electron chi connectivity index (χ1n) is 11.1. The number of nitrogens with two attached hydrogens (primary N) is 1. The van der Waals surface area contributed by atoms with E-state index in [0.717, 1.165) is 29.7 Å². The van der Waals surface area contributed by atoms with Gasteiger partial charge >= 0.3 is 6.09 Å². The van der Waals surface area contributed by atoms with E-state index in [1.165, 1.54) is 23.1 Å². The number of carboxylic acid groups (broad SMARTS) is 1. The minimum absolute atomic E-state index is 0.0268. The molecular formula is C25H24FN3O5. The van der Waals surface area contributed by atoms with Gasteiger partial charge in [0.25, 0.3) is 5.91 Å². The van der Waals surface area contributed by atoms with Gasteiger partial charge in [0.05, 0.1) is 6.10 Å². The smallest absolute Gasteiger partial charge is 0.407 e. The van der Waals surface area contributed by atoms with Gasteiger partial charge in [-0.15, -0.1) is 0 Å². The predicted molar refractivity (Wildman–Crippen MR) is 120 cm³/mol. The van der Waals surface area contributed by atoms with E-state index in [1.807, 2.05) is 24.3 Å². The number of halogens is 1. The third kappa shape index (κ3) is 4.33. The van der Waals surface area contributed by atoms with Crippen LogP contribution in [0, 0.1) is 17.7 Å². The number of fused-ring (bicyclic) bond motifs is 1. The molecule has 0 bridgehead atoms. The lowest BCUT2D eigenvalue weighted by atomic mass is 9.91. The second-order valence-electron chi connectivity index (χ2n) is 8.92. The maximum Gasteiger partial charge on any atom is 0.407 e. The summed E-state index contributed by atoms with van der Waals surface area (Å²) in [5, 5.41) is 13.4. The van der Waals surface area contributed by atoms with Gasteiger partial charge in [-0.1, -0.05) is 29.4 Å². The molecule has 176 valence electrons. The number of carbonyl (C=O) groups is 2. The number of ether oxygens (including phenoxy) is 1. The number of benzene rings is 2. The SMILES string of the molecule is NC(=O)c1cc(CC2[C@H]3C[C@@H](Oc4ccc(-c5ccc(F)cc5)cc4)C[C@H]3CN2C(=O)O)on1. The quantitative estimate of drug-likeness (QED) is 0.569. The minimum Gasteiger partial charge on any atom is -0.490 e. The van der Waals surface area contributed by atoms with Crippen LogP contribution in [0.3, 0.4) is 0 Å². The van der Waals surface area contributed by atoms with Crippen molar-refractivity contribution in [3.8, 4) is 16.9 Å². The van der Waals surface area contributed by atoms with Crippen LogP contribution in [0.4, 0.5) is 9.18 Å². The van der Waals surface area contributed by atoms with E-state index in [2.05, 4.69) is 5.16 Å². The summed E-state index contributed by atoms with van der Waals surface area (Å²) in [6.07, 6.45) is 0.805. The van der Waals surface area contributed by atoms with Crippen LogP contribution in [0.15, 0.2) is 59.1 Å². The van der Waals surface area contributed by atoms with E-state index in [0.29, 0.717) is 18.7 Å². The van der Waals surface area contributed by atoms with Crippen LogP contribution < -0.4 is 10.5 Å². The first kappa shape index (κ1) is 21.9. The van der Waals surface area contributed by atoms with Gasteiger partial charge in [0.15, 0.2) is 5.69 Å². The molecular weight excluding hydrogens is 441 g/mol. The van der Waals surface area contributed by atoms with E-state index >= 15 is 0 Å². The van der Waals surface area contributed by atoms with Crippen LogP contribution >= 0.6 is 0 Å². The summed E-state index contributed by atoms with van der Waals surface area (Å²) < 4.78 is 24.6. The lowest BCUT2D eigenvalue weighted by Crippen LogP contribution is -2.39. The molecule has 0 spiro atoms. The highest BCUT2D eigenvalue weighted by Crippen LogP contribution is 2.44. The van der Waals surface area contributed by atoms with Crippen molar-refractivity contribution in [3.63, 3.8) is 0 Å². The zero-order chi connectivity index (χ0) is 23.8. The average Bonchev–Trinajstić information content (AvgIpc) is 3.51. The molecule has 9 heteroatoms. The number of likely N-dealkylation sites (tertiary alicyclic amines) is 1. The number of amides is 2. The van der Waals surface area contributed by atoms with Gasteiger partial charge in [0.1, 0.15) is 17.3 Å². The fraction of sp³-hybridized carbons (Fsp3) is 0.320. The number of hydrogen-bond donors (Lipinski definition) is 2. The Morgan fingerprint density at radius 3 is 2.41 bits per heavy atom. The van der Waals surface area contributed by atoms with Crippen LogP contribution in [-0.4, -0.2) is 45.9 Å². The topological polar surface area (TPSA) is 119 Å². The molecule has 3 aromatic rings. The molecule has 2 aromatic carbocycles. The summed E-state index contributed by atoms with van der Waals surface area (Å²) in [5.41, 5.74) is 7.16. The van der Waals surface area contributed by atoms with Crippen molar-refractivity contribution >= 4 is 12.0 Å². The van der Waals surface area contributed by atoms with E-state index in [1.54, 1.807) is 12.1 Å². The number of nitrogens with zero attached hydrogens (tertiary/aromatic N) is 2. The van der Waals surface area contributed by atoms with Crippen molar-refractivity contribution in [2.24, 2.45) is 17.6 Å². The number of primary amides is 1. The highest BCUT2D eigenvalue weighted by molar-refractivity contribution is 5.90. The first-order valence-corrected chi connectivity index (χ1v) is 11.1. The highest BCUT2D eigenvalue weighted by Gasteiger charge is 2.50. The molecule has 1 aromatic heterocycles. The molecule has 2 fully saturated rings. The number of aromatic nitrogens is 1. The summed E-state index contributed by atoms with van der Waals surface area (Å²) in [6, 6.07) is 15.2. The zero-order valence-corrected chi connectivity index (χ0v) is 18.3. The van der Waals surface area contributed by atoms with E-state index in [-0.39, 0.29) is 35.5 Å². The molecule has 2 amide bonds. The predicted octanol–water partition coefficient (Wildman–Crippen LogP) is 3.96. The van der Waals surface area contributed by atoms with Gasteiger partial charge in [0, 0.05) is 25.1 Å². The van der Waals surface area contributed by atoms with Crippen LogP contribution in [0.1, 0.15) is 29.1 Å². The van der Waals surface area contributed by atoms with Crippen LogP contribution in [-0.2, 0) is 6.42 Å². The van der Waals surface area contributed by atoms with Crippen molar-refractivity contribution in [3.05, 3.63) is 71.9 Å². The lowest BCUT2D eigenvalue weighted by Gasteiger charge is -2.25. The maximum absolute atomic E-state index is 13.2. The Kier molecular flexibility index (Phi) is 5.69.